The van der Waals surface area contributed by atoms with Crippen molar-refractivity contribution < 1.29 is 28.0 Å². The van der Waals surface area contributed by atoms with E-state index < -0.39 is 23.6 Å². The Morgan fingerprint density at radius 3 is 1.64 bits per heavy atom. The minimum absolute atomic E-state index is 0.112. The highest BCUT2D eigenvalue weighted by Gasteiger charge is 2.39. The fraction of sp³-hybridized carbons (Fsp3) is 0. The van der Waals surface area contributed by atoms with Crippen LogP contribution in [0.5, 0.6) is 0 Å². The fourth-order valence-corrected chi connectivity index (χ4v) is 4.73. The Morgan fingerprint density at radius 1 is 0.528 bits per heavy atom. The van der Waals surface area contributed by atoms with Crippen LogP contribution < -0.4 is 10.2 Å². The smallest absolute Gasteiger partial charge is 0.266 e. The maximum Gasteiger partial charge on any atom is 0.266 e. The first-order valence-electron chi connectivity index (χ1n) is 11.1. The number of carbonyl (C=O) groups excluding carboxylic acids is 4. The molecule has 3 heterocycles. The Kier molecular flexibility index (Phi) is 3.99. The van der Waals surface area contributed by atoms with E-state index in [1.165, 1.54) is 30.3 Å². The molecule has 0 aliphatic carbocycles. The van der Waals surface area contributed by atoms with E-state index >= 15 is 0 Å². The molecule has 8 heteroatoms. The zero-order valence-electron chi connectivity index (χ0n) is 18.4. The Morgan fingerprint density at radius 2 is 1.06 bits per heavy atom. The minimum Gasteiger partial charge on any atom is -0.453 e. The molecular formula is C28H14N2O6. The Labute approximate surface area is 202 Å². The number of hydrogen-bond acceptors (Lipinski definition) is 6. The van der Waals surface area contributed by atoms with Gasteiger partial charge in [0.1, 0.15) is 11.2 Å². The van der Waals surface area contributed by atoms with Crippen LogP contribution in [0, 0.1) is 0 Å². The maximum absolute atomic E-state index is 13.4. The summed E-state index contributed by atoms with van der Waals surface area (Å²) in [5.74, 6) is -2.22. The van der Waals surface area contributed by atoms with Gasteiger partial charge in [-0.05, 0) is 42.5 Å². The van der Waals surface area contributed by atoms with Gasteiger partial charge in [0.15, 0.2) is 11.2 Å². The molecule has 0 bridgehead atoms. The number of hydrogen-bond donors (Lipinski definition) is 1. The molecule has 4 aromatic carbocycles. The van der Waals surface area contributed by atoms with Gasteiger partial charge < -0.3 is 8.83 Å². The van der Waals surface area contributed by atoms with Crippen molar-refractivity contribution in [3.63, 3.8) is 0 Å². The van der Waals surface area contributed by atoms with Gasteiger partial charge in [0, 0.05) is 10.8 Å². The number of benzene rings is 4. The van der Waals surface area contributed by atoms with Crippen molar-refractivity contribution in [2.45, 2.75) is 0 Å². The van der Waals surface area contributed by atoms with Crippen molar-refractivity contribution in [3.8, 4) is 0 Å². The fourth-order valence-electron chi connectivity index (χ4n) is 4.73. The van der Waals surface area contributed by atoms with Crippen LogP contribution in [0.4, 0.5) is 5.69 Å². The quantitative estimate of drug-likeness (QED) is 0.337. The third kappa shape index (κ3) is 2.75. The average Bonchev–Trinajstić information content (AvgIpc) is 3.29. The molecule has 2 aliphatic heterocycles. The number of amides is 4. The van der Waals surface area contributed by atoms with Gasteiger partial charge in [0.25, 0.3) is 23.6 Å². The van der Waals surface area contributed by atoms with Crippen molar-refractivity contribution in [1.82, 2.24) is 5.32 Å². The predicted molar refractivity (Wildman–Crippen MR) is 130 cm³/mol. The third-order valence-corrected chi connectivity index (χ3v) is 6.43. The van der Waals surface area contributed by atoms with Crippen LogP contribution in [0.25, 0.3) is 33.1 Å². The topological polar surface area (TPSA) is 110 Å². The van der Waals surface area contributed by atoms with E-state index in [0.717, 1.165) is 15.7 Å². The summed E-state index contributed by atoms with van der Waals surface area (Å²) >= 11 is 0. The number of carbonyl (C=O) groups is 4. The van der Waals surface area contributed by atoms with Crippen LogP contribution in [-0.2, 0) is 0 Å². The number of nitrogens with zero attached hydrogens (tertiary/aromatic N) is 1. The summed E-state index contributed by atoms with van der Waals surface area (Å²) in [7, 11) is 0. The van der Waals surface area contributed by atoms with Crippen LogP contribution in [0.1, 0.15) is 41.4 Å². The molecule has 36 heavy (non-hydrogen) atoms. The van der Waals surface area contributed by atoms with Crippen molar-refractivity contribution in [1.29, 1.82) is 0 Å². The summed E-state index contributed by atoms with van der Waals surface area (Å²) in [6.07, 6.45) is 0. The number of rotatable bonds is 1. The Hall–Kier alpha value is -5.24. The molecule has 0 saturated carbocycles. The molecule has 7 rings (SSSR count). The van der Waals surface area contributed by atoms with Gasteiger partial charge >= 0.3 is 0 Å². The second kappa shape index (κ2) is 7.13. The molecule has 1 N–H and O–H groups in total. The molecule has 0 spiro atoms. The third-order valence-electron chi connectivity index (χ3n) is 6.43. The Bertz CT molecular complexity index is 1810. The standard InChI is InChI=1S/C28H14N2O6/c31-25-17-10-9-14(11-18(17)26(32)29-25)30-27(33)19-12-23-24(13-20(19)28(30)34)36-22-8-4-2-6-16(22)15-5-1-3-7-21(15)35-23/h1-13H,(H,29,31,32). The SMILES string of the molecule is O=C1NC(=O)c2cc(N3C(=O)c4cc5oc6ccccc6c6ccccc6oc5cc4C3=O)ccc21. The number of nitrogens with one attached hydrogen (secondary N) is 1. The lowest BCUT2D eigenvalue weighted by Gasteiger charge is -2.14. The highest BCUT2D eigenvalue weighted by atomic mass is 16.4. The van der Waals surface area contributed by atoms with E-state index in [0.29, 0.717) is 11.2 Å². The maximum atomic E-state index is 13.4. The van der Waals surface area contributed by atoms with E-state index in [1.807, 2.05) is 48.5 Å². The first-order valence-corrected chi connectivity index (χ1v) is 11.1. The Balaban J connectivity index is 1.46. The number of fused-ring (bicyclic) bond motifs is 6. The van der Waals surface area contributed by atoms with Crippen LogP contribution >= 0.6 is 0 Å². The highest BCUT2D eigenvalue weighted by molar-refractivity contribution is 6.35. The lowest BCUT2D eigenvalue weighted by molar-refractivity contribution is 0.0873. The van der Waals surface area contributed by atoms with Gasteiger partial charge in [0.05, 0.1) is 27.9 Å². The first-order chi connectivity index (χ1) is 17.5. The monoisotopic (exact) mass is 474 g/mol. The molecule has 1 aromatic heterocycles. The van der Waals surface area contributed by atoms with Gasteiger partial charge in [-0.1, -0.05) is 36.4 Å². The van der Waals surface area contributed by atoms with Gasteiger partial charge in [0.2, 0.25) is 0 Å². The zero-order chi connectivity index (χ0) is 24.6. The molecule has 2 aliphatic rings. The predicted octanol–water partition coefficient (Wildman–Crippen LogP) is 5.14. The van der Waals surface area contributed by atoms with Gasteiger partial charge in [-0.25, -0.2) is 4.90 Å². The van der Waals surface area contributed by atoms with E-state index in [-0.39, 0.29) is 39.1 Å². The molecule has 172 valence electrons. The molecule has 4 amide bonds. The number of imide groups is 2. The van der Waals surface area contributed by atoms with Crippen LogP contribution in [-0.4, -0.2) is 23.6 Å². The summed E-state index contributed by atoms with van der Waals surface area (Å²) in [5.41, 5.74) is 2.54. The number of para-hydroxylation sites is 2. The van der Waals surface area contributed by atoms with Crippen molar-refractivity contribution in [2.24, 2.45) is 0 Å². The minimum atomic E-state index is -0.574. The van der Waals surface area contributed by atoms with E-state index in [9.17, 15) is 19.2 Å². The first kappa shape index (κ1) is 20.2. The largest absolute Gasteiger partial charge is 0.453 e. The molecule has 0 fully saturated rings. The molecule has 5 aromatic rings. The zero-order valence-corrected chi connectivity index (χ0v) is 18.4. The van der Waals surface area contributed by atoms with E-state index in [2.05, 4.69) is 5.32 Å². The lowest BCUT2D eigenvalue weighted by Crippen LogP contribution is -2.29. The van der Waals surface area contributed by atoms with Gasteiger partial charge in [-0.3, -0.25) is 24.5 Å². The number of anilines is 1. The lowest BCUT2D eigenvalue weighted by atomic mass is 10.1. The second-order valence-electron chi connectivity index (χ2n) is 8.50. The van der Waals surface area contributed by atoms with Gasteiger partial charge in [-0.15, -0.1) is 0 Å². The van der Waals surface area contributed by atoms with Gasteiger partial charge in [-0.2, -0.15) is 0 Å². The molecular weight excluding hydrogens is 460 g/mol. The summed E-state index contributed by atoms with van der Waals surface area (Å²) < 4.78 is 12.4. The van der Waals surface area contributed by atoms with Crippen LogP contribution in [0.3, 0.4) is 0 Å². The van der Waals surface area contributed by atoms with Crippen molar-refractivity contribution in [2.75, 3.05) is 4.90 Å². The molecule has 0 radical (unpaired) electrons. The van der Waals surface area contributed by atoms with Crippen molar-refractivity contribution in [3.05, 3.63) is 101 Å². The molecule has 0 saturated heterocycles. The second-order valence-corrected chi connectivity index (χ2v) is 8.50. The van der Waals surface area contributed by atoms with E-state index in [1.54, 1.807) is 0 Å². The summed E-state index contributed by atoms with van der Waals surface area (Å²) in [5, 5.41) is 3.86. The molecule has 8 nitrogen and oxygen atoms in total. The summed E-state index contributed by atoms with van der Waals surface area (Å²) in [6.45, 7) is 0. The van der Waals surface area contributed by atoms with Crippen molar-refractivity contribution >= 4 is 62.4 Å². The van der Waals surface area contributed by atoms with E-state index in [4.69, 9.17) is 8.83 Å². The molecule has 0 atom stereocenters. The highest BCUT2D eigenvalue weighted by Crippen LogP contribution is 2.34. The van der Waals surface area contributed by atoms with Crippen LogP contribution in [0.15, 0.2) is 87.7 Å². The summed E-state index contributed by atoms with van der Waals surface area (Å²) in [4.78, 5) is 51.7. The summed E-state index contributed by atoms with van der Waals surface area (Å²) in [6, 6.07) is 22.2. The normalized spacial score (nSPS) is 14.5. The molecule has 0 unspecified atom stereocenters. The van der Waals surface area contributed by atoms with Crippen LogP contribution in [0.2, 0.25) is 0 Å². The average molecular weight is 474 g/mol.